The fraction of sp³-hybridized carbons (Fsp3) is 0.474. The molecule has 0 fully saturated rings. The standard InChI is InChI=1S/C19H24N2O7/c1-19(2,3)28-18(27)20-13(9-15(22)23)16(24)21-10-12-7-5-4-6-11(12)8-14(21)17(25)26/h4-7,13-14H,8-10H2,1-3H3,(H,20,27)(H,22,23)(H,25,26)/t13-,14-/m0/s1. The summed E-state index contributed by atoms with van der Waals surface area (Å²) in [6.45, 7) is 4.89. The van der Waals surface area contributed by atoms with E-state index in [1.807, 2.05) is 0 Å². The summed E-state index contributed by atoms with van der Waals surface area (Å²) < 4.78 is 5.09. The third kappa shape index (κ3) is 5.45. The van der Waals surface area contributed by atoms with Crippen LogP contribution in [-0.2, 0) is 32.1 Å². The molecule has 2 rings (SSSR count). The molecule has 152 valence electrons. The van der Waals surface area contributed by atoms with Crippen LogP contribution < -0.4 is 5.32 Å². The number of fused-ring (bicyclic) bond motifs is 1. The second-order valence-electron chi connectivity index (χ2n) is 7.59. The highest BCUT2D eigenvalue weighted by atomic mass is 16.6. The molecule has 1 aliphatic heterocycles. The average Bonchev–Trinajstić information content (AvgIpc) is 2.57. The van der Waals surface area contributed by atoms with Crippen LogP contribution in [0.25, 0.3) is 0 Å². The molecule has 1 heterocycles. The van der Waals surface area contributed by atoms with E-state index in [4.69, 9.17) is 9.84 Å². The van der Waals surface area contributed by atoms with Crippen molar-refractivity contribution < 1.29 is 34.1 Å². The number of carboxylic acid groups (broad SMARTS) is 2. The molecule has 0 aliphatic carbocycles. The van der Waals surface area contributed by atoms with Crippen molar-refractivity contribution >= 4 is 23.9 Å². The van der Waals surface area contributed by atoms with Crippen molar-refractivity contribution in [1.29, 1.82) is 0 Å². The highest BCUT2D eigenvalue weighted by Gasteiger charge is 2.39. The van der Waals surface area contributed by atoms with E-state index in [-0.39, 0.29) is 13.0 Å². The minimum absolute atomic E-state index is 0.0120. The van der Waals surface area contributed by atoms with Gasteiger partial charge in [0.05, 0.1) is 6.42 Å². The molecular weight excluding hydrogens is 368 g/mol. The Bertz CT molecular complexity index is 785. The van der Waals surface area contributed by atoms with Crippen LogP contribution in [0.15, 0.2) is 24.3 Å². The molecule has 0 radical (unpaired) electrons. The van der Waals surface area contributed by atoms with E-state index in [0.717, 1.165) is 16.0 Å². The maximum Gasteiger partial charge on any atom is 0.408 e. The van der Waals surface area contributed by atoms with Gasteiger partial charge in [-0.1, -0.05) is 24.3 Å². The zero-order chi connectivity index (χ0) is 21.1. The highest BCUT2D eigenvalue weighted by Crippen LogP contribution is 2.24. The highest BCUT2D eigenvalue weighted by molar-refractivity contribution is 5.92. The van der Waals surface area contributed by atoms with Gasteiger partial charge in [0.25, 0.3) is 0 Å². The Morgan fingerprint density at radius 1 is 1.18 bits per heavy atom. The van der Waals surface area contributed by atoms with Crippen molar-refractivity contribution in [2.24, 2.45) is 0 Å². The van der Waals surface area contributed by atoms with Crippen molar-refractivity contribution in [3.8, 4) is 0 Å². The number of benzene rings is 1. The van der Waals surface area contributed by atoms with Crippen molar-refractivity contribution in [3.63, 3.8) is 0 Å². The van der Waals surface area contributed by atoms with Gasteiger partial charge < -0.3 is 25.2 Å². The summed E-state index contributed by atoms with van der Waals surface area (Å²) in [7, 11) is 0. The molecular formula is C19H24N2O7. The number of carbonyl (C=O) groups is 4. The number of carbonyl (C=O) groups excluding carboxylic acids is 2. The second-order valence-corrected chi connectivity index (χ2v) is 7.59. The van der Waals surface area contributed by atoms with Gasteiger partial charge in [-0.15, -0.1) is 0 Å². The number of nitrogens with one attached hydrogen (secondary N) is 1. The molecule has 2 amide bonds. The lowest BCUT2D eigenvalue weighted by atomic mass is 9.93. The first-order chi connectivity index (χ1) is 13.0. The Kier molecular flexibility index (Phi) is 6.27. The van der Waals surface area contributed by atoms with Crippen molar-refractivity contribution in [2.75, 3.05) is 0 Å². The lowest BCUT2D eigenvalue weighted by molar-refractivity contribution is -0.153. The Morgan fingerprint density at radius 2 is 1.79 bits per heavy atom. The van der Waals surface area contributed by atoms with Crippen LogP contribution in [0.2, 0.25) is 0 Å². The average molecular weight is 392 g/mol. The summed E-state index contributed by atoms with van der Waals surface area (Å²) in [5.74, 6) is -3.29. The van der Waals surface area contributed by atoms with Gasteiger partial charge in [0.15, 0.2) is 0 Å². The van der Waals surface area contributed by atoms with E-state index < -0.39 is 48.0 Å². The molecule has 1 aromatic carbocycles. The lowest BCUT2D eigenvalue weighted by Gasteiger charge is -2.36. The third-order valence-electron chi connectivity index (χ3n) is 4.18. The number of rotatable bonds is 5. The largest absolute Gasteiger partial charge is 0.481 e. The zero-order valence-corrected chi connectivity index (χ0v) is 16.0. The fourth-order valence-electron chi connectivity index (χ4n) is 3.00. The van der Waals surface area contributed by atoms with Gasteiger partial charge >= 0.3 is 18.0 Å². The topological polar surface area (TPSA) is 133 Å². The van der Waals surface area contributed by atoms with Crippen molar-refractivity contribution in [1.82, 2.24) is 10.2 Å². The number of carboxylic acids is 2. The molecule has 3 N–H and O–H groups in total. The number of aliphatic carboxylic acids is 2. The van der Waals surface area contributed by atoms with Gasteiger partial charge in [-0.3, -0.25) is 9.59 Å². The Morgan fingerprint density at radius 3 is 2.32 bits per heavy atom. The first-order valence-electron chi connectivity index (χ1n) is 8.79. The number of amides is 2. The third-order valence-corrected chi connectivity index (χ3v) is 4.18. The number of hydrogen-bond acceptors (Lipinski definition) is 5. The quantitative estimate of drug-likeness (QED) is 0.689. The molecule has 0 aromatic heterocycles. The Hall–Kier alpha value is -3.10. The van der Waals surface area contributed by atoms with Gasteiger partial charge in [0, 0.05) is 13.0 Å². The van der Waals surface area contributed by atoms with E-state index in [1.165, 1.54) is 0 Å². The molecule has 0 saturated carbocycles. The van der Waals surface area contributed by atoms with E-state index in [1.54, 1.807) is 45.0 Å². The number of hydrogen-bond donors (Lipinski definition) is 3. The van der Waals surface area contributed by atoms with E-state index in [2.05, 4.69) is 5.32 Å². The predicted molar refractivity (Wildman–Crippen MR) is 97.5 cm³/mol. The number of ether oxygens (including phenoxy) is 1. The molecule has 2 atom stereocenters. The molecule has 1 aromatic rings. The fourth-order valence-corrected chi connectivity index (χ4v) is 3.00. The van der Waals surface area contributed by atoms with Crippen LogP contribution in [0.5, 0.6) is 0 Å². The van der Waals surface area contributed by atoms with Crippen LogP contribution in [0.4, 0.5) is 4.79 Å². The zero-order valence-electron chi connectivity index (χ0n) is 16.0. The van der Waals surface area contributed by atoms with Crippen LogP contribution in [-0.4, -0.2) is 56.7 Å². The summed E-state index contributed by atoms with van der Waals surface area (Å²) in [6, 6.07) is 4.53. The van der Waals surface area contributed by atoms with E-state index in [0.29, 0.717) is 0 Å². The molecule has 1 aliphatic rings. The Labute approximate surface area is 162 Å². The second kappa shape index (κ2) is 8.28. The van der Waals surface area contributed by atoms with Crippen LogP contribution in [0, 0.1) is 0 Å². The predicted octanol–water partition coefficient (Wildman–Crippen LogP) is 1.39. The number of alkyl carbamates (subject to hydrolysis) is 1. The summed E-state index contributed by atoms with van der Waals surface area (Å²) in [4.78, 5) is 49.0. The van der Waals surface area contributed by atoms with Crippen molar-refractivity contribution in [3.05, 3.63) is 35.4 Å². The van der Waals surface area contributed by atoms with Crippen molar-refractivity contribution in [2.45, 2.75) is 57.8 Å². The maximum absolute atomic E-state index is 13.0. The molecule has 0 spiro atoms. The smallest absolute Gasteiger partial charge is 0.408 e. The molecule has 0 bridgehead atoms. The van der Waals surface area contributed by atoms with Gasteiger partial charge in [-0.2, -0.15) is 0 Å². The van der Waals surface area contributed by atoms with Crippen LogP contribution in [0.1, 0.15) is 38.3 Å². The van der Waals surface area contributed by atoms with Gasteiger partial charge in [0.1, 0.15) is 17.7 Å². The monoisotopic (exact) mass is 392 g/mol. The molecule has 28 heavy (non-hydrogen) atoms. The first kappa shape index (κ1) is 21.2. The molecule has 0 unspecified atom stereocenters. The Balaban J connectivity index is 2.27. The van der Waals surface area contributed by atoms with E-state index in [9.17, 15) is 24.3 Å². The molecule has 0 saturated heterocycles. The first-order valence-corrected chi connectivity index (χ1v) is 8.79. The summed E-state index contributed by atoms with van der Waals surface area (Å²) in [5.41, 5.74) is 0.753. The SMILES string of the molecule is CC(C)(C)OC(=O)N[C@@H](CC(=O)O)C(=O)N1Cc2ccccc2C[C@H]1C(=O)O. The normalized spacial score (nSPS) is 17.2. The van der Waals surface area contributed by atoms with Gasteiger partial charge in [-0.05, 0) is 31.9 Å². The minimum Gasteiger partial charge on any atom is -0.481 e. The maximum atomic E-state index is 13.0. The summed E-state index contributed by atoms with van der Waals surface area (Å²) in [6.07, 6.45) is -1.54. The summed E-state index contributed by atoms with van der Waals surface area (Å²) in [5, 5.41) is 20.9. The number of nitrogens with zero attached hydrogens (tertiary/aromatic N) is 1. The van der Waals surface area contributed by atoms with Crippen LogP contribution >= 0.6 is 0 Å². The summed E-state index contributed by atoms with van der Waals surface area (Å²) >= 11 is 0. The van der Waals surface area contributed by atoms with Gasteiger partial charge in [0.2, 0.25) is 5.91 Å². The lowest BCUT2D eigenvalue weighted by Crippen LogP contribution is -2.56. The minimum atomic E-state index is -1.44. The molecule has 9 nitrogen and oxygen atoms in total. The molecule has 9 heteroatoms. The van der Waals surface area contributed by atoms with Gasteiger partial charge in [-0.25, -0.2) is 9.59 Å². The van der Waals surface area contributed by atoms with Crippen LogP contribution in [0.3, 0.4) is 0 Å². The van der Waals surface area contributed by atoms with E-state index >= 15 is 0 Å².